The van der Waals surface area contributed by atoms with Crippen molar-refractivity contribution >= 4 is 22.9 Å². The van der Waals surface area contributed by atoms with Gasteiger partial charge in [-0.2, -0.15) is 0 Å². The van der Waals surface area contributed by atoms with Crippen LogP contribution in [0.25, 0.3) is 0 Å². The quantitative estimate of drug-likeness (QED) is 0.833. The summed E-state index contributed by atoms with van der Waals surface area (Å²) in [6, 6.07) is 2.48. The molecule has 1 aliphatic carbocycles. The number of benzene rings is 1. The van der Waals surface area contributed by atoms with Gasteiger partial charge in [-0.1, -0.05) is 32.0 Å². The molecule has 5 heteroatoms. The highest BCUT2D eigenvalue weighted by Gasteiger charge is 2.23. The van der Waals surface area contributed by atoms with Crippen molar-refractivity contribution in [1.29, 1.82) is 0 Å². The highest BCUT2D eigenvalue weighted by molar-refractivity contribution is 7.80. The van der Waals surface area contributed by atoms with Crippen molar-refractivity contribution in [3.63, 3.8) is 0 Å². The third-order valence-corrected chi connectivity index (χ3v) is 4.00. The smallest absolute Gasteiger partial charge is 0.150 e. The summed E-state index contributed by atoms with van der Waals surface area (Å²) in [6.07, 6.45) is 4.31. The van der Waals surface area contributed by atoms with E-state index in [1.54, 1.807) is 0 Å². The second kappa shape index (κ2) is 5.82. The van der Waals surface area contributed by atoms with Crippen LogP contribution in [0.3, 0.4) is 0 Å². The molecule has 19 heavy (non-hydrogen) atoms. The second-order valence-electron chi connectivity index (χ2n) is 5.19. The topological polar surface area (TPSA) is 38.0 Å². The molecule has 0 bridgehead atoms. The summed E-state index contributed by atoms with van der Waals surface area (Å²) < 4.78 is 27.9. The van der Waals surface area contributed by atoms with E-state index >= 15 is 0 Å². The predicted molar refractivity (Wildman–Crippen MR) is 77.3 cm³/mol. The van der Waals surface area contributed by atoms with Crippen LogP contribution < -0.4 is 11.1 Å². The average Bonchev–Trinajstić information content (AvgIpc) is 2.35. The molecule has 0 saturated heterocycles. The highest BCUT2D eigenvalue weighted by atomic mass is 32.1. The van der Waals surface area contributed by atoms with Crippen molar-refractivity contribution in [2.45, 2.75) is 38.6 Å². The first-order valence-electron chi connectivity index (χ1n) is 6.54. The highest BCUT2D eigenvalue weighted by Crippen LogP contribution is 2.29. The molecular weight excluding hydrogens is 266 g/mol. The molecule has 2 unspecified atom stereocenters. The van der Waals surface area contributed by atoms with Crippen LogP contribution in [0.2, 0.25) is 0 Å². The van der Waals surface area contributed by atoms with Gasteiger partial charge in [0.2, 0.25) is 0 Å². The number of anilines is 1. The SMILES string of the molecule is CC1CCCCC1Nc1c(F)cc(C(N)=S)cc1F. The van der Waals surface area contributed by atoms with Gasteiger partial charge in [0, 0.05) is 11.6 Å². The predicted octanol–water partition coefficient (Wildman–Crippen LogP) is 3.59. The summed E-state index contributed by atoms with van der Waals surface area (Å²) in [5.41, 5.74) is 5.53. The lowest BCUT2D eigenvalue weighted by Crippen LogP contribution is -2.31. The monoisotopic (exact) mass is 284 g/mol. The van der Waals surface area contributed by atoms with Gasteiger partial charge in [0.25, 0.3) is 0 Å². The normalized spacial score (nSPS) is 23.1. The van der Waals surface area contributed by atoms with E-state index in [4.69, 9.17) is 18.0 Å². The summed E-state index contributed by atoms with van der Waals surface area (Å²) in [5, 5.41) is 3.00. The van der Waals surface area contributed by atoms with Crippen LogP contribution in [0, 0.1) is 17.6 Å². The molecule has 2 atom stereocenters. The molecule has 104 valence electrons. The Morgan fingerprint density at radius 1 is 1.26 bits per heavy atom. The molecule has 1 aromatic rings. The lowest BCUT2D eigenvalue weighted by Gasteiger charge is -2.30. The molecule has 0 radical (unpaired) electrons. The Kier molecular flexibility index (Phi) is 4.34. The Bertz CT molecular complexity index is 467. The molecule has 0 heterocycles. The number of nitrogens with two attached hydrogens (primary N) is 1. The van der Waals surface area contributed by atoms with Gasteiger partial charge in [0.15, 0.2) is 0 Å². The van der Waals surface area contributed by atoms with Crippen LogP contribution in [0.5, 0.6) is 0 Å². The first kappa shape index (κ1) is 14.2. The number of rotatable bonds is 3. The van der Waals surface area contributed by atoms with Gasteiger partial charge in [-0.25, -0.2) is 8.78 Å². The molecule has 0 spiro atoms. The van der Waals surface area contributed by atoms with Gasteiger partial charge < -0.3 is 11.1 Å². The van der Waals surface area contributed by atoms with E-state index in [0.717, 1.165) is 19.3 Å². The first-order valence-corrected chi connectivity index (χ1v) is 6.95. The first-order chi connectivity index (χ1) is 8.99. The maximum Gasteiger partial charge on any atom is 0.150 e. The molecule has 3 N–H and O–H groups in total. The standard InChI is InChI=1S/C14H18F2N2S/c1-8-4-2-3-5-12(8)18-13-10(15)6-9(14(17)19)7-11(13)16/h6-8,12,18H,2-5H2,1H3,(H2,17,19). The number of thiocarbonyl (C=S) groups is 1. The molecule has 0 amide bonds. The summed E-state index contributed by atoms with van der Waals surface area (Å²) in [4.78, 5) is -0.00427. The fourth-order valence-corrected chi connectivity index (χ4v) is 2.69. The van der Waals surface area contributed by atoms with E-state index in [1.807, 2.05) is 0 Å². The van der Waals surface area contributed by atoms with Crippen LogP contribution in [0.1, 0.15) is 38.2 Å². The van der Waals surface area contributed by atoms with E-state index in [9.17, 15) is 8.78 Å². The van der Waals surface area contributed by atoms with E-state index in [2.05, 4.69) is 12.2 Å². The summed E-state index contributed by atoms with van der Waals surface area (Å²) in [5.74, 6) is -0.857. The zero-order chi connectivity index (χ0) is 14.0. The molecule has 2 nitrogen and oxygen atoms in total. The summed E-state index contributed by atoms with van der Waals surface area (Å²) >= 11 is 4.73. The zero-order valence-corrected chi connectivity index (χ0v) is 11.7. The Balaban J connectivity index is 2.22. The van der Waals surface area contributed by atoms with Crippen molar-refractivity contribution in [2.24, 2.45) is 11.7 Å². The third-order valence-electron chi connectivity index (χ3n) is 3.77. The fraction of sp³-hybridized carbons (Fsp3) is 0.500. The zero-order valence-electron chi connectivity index (χ0n) is 10.9. The Morgan fingerprint density at radius 2 is 1.84 bits per heavy atom. The van der Waals surface area contributed by atoms with Crippen LogP contribution >= 0.6 is 12.2 Å². The number of hydrogen-bond donors (Lipinski definition) is 2. The van der Waals surface area contributed by atoms with E-state index < -0.39 is 11.6 Å². The van der Waals surface area contributed by atoms with E-state index in [1.165, 1.54) is 18.6 Å². The maximum atomic E-state index is 13.9. The minimum atomic E-state index is -0.638. The average molecular weight is 284 g/mol. The molecule has 0 aliphatic heterocycles. The van der Waals surface area contributed by atoms with Crippen molar-refractivity contribution in [2.75, 3.05) is 5.32 Å². The van der Waals surface area contributed by atoms with Crippen LogP contribution in [-0.2, 0) is 0 Å². The second-order valence-corrected chi connectivity index (χ2v) is 5.63. The Hall–Kier alpha value is -1.23. The van der Waals surface area contributed by atoms with Gasteiger partial charge in [0.1, 0.15) is 22.3 Å². The lowest BCUT2D eigenvalue weighted by molar-refractivity contribution is 0.347. The lowest BCUT2D eigenvalue weighted by atomic mass is 9.86. The molecule has 1 aromatic carbocycles. The van der Waals surface area contributed by atoms with Gasteiger partial charge in [-0.05, 0) is 30.9 Å². The van der Waals surface area contributed by atoms with Crippen molar-refractivity contribution < 1.29 is 8.78 Å². The van der Waals surface area contributed by atoms with Crippen molar-refractivity contribution in [3.05, 3.63) is 29.3 Å². The third kappa shape index (κ3) is 3.21. The minimum Gasteiger partial charge on any atom is -0.389 e. The largest absolute Gasteiger partial charge is 0.389 e. The van der Waals surface area contributed by atoms with Crippen LogP contribution in [-0.4, -0.2) is 11.0 Å². The van der Waals surface area contributed by atoms with Crippen LogP contribution in [0.15, 0.2) is 12.1 Å². The molecule has 1 saturated carbocycles. The van der Waals surface area contributed by atoms with E-state index in [-0.39, 0.29) is 22.3 Å². The van der Waals surface area contributed by atoms with Gasteiger partial charge in [-0.15, -0.1) is 0 Å². The van der Waals surface area contributed by atoms with Crippen molar-refractivity contribution in [1.82, 2.24) is 0 Å². The van der Waals surface area contributed by atoms with Gasteiger partial charge in [-0.3, -0.25) is 0 Å². The number of halogens is 2. The van der Waals surface area contributed by atoms with Gasteiger partial charge >= 0.3 is 0 Å². The van der Waals surface area contributed by atoms with Gasteiger partial charge in [0.05, 0.1) is 0 Å². The fourth-order valence-electron chi connectivity index (χ4n) is 2.57. The molecule has 1 aliphatic rings. The number of hydrogen-bond acceptors (Lipinski definition) is 2. The van der Waals surface area contributed by atoms with Crippen LogP contribution in [0.4, 0.5) is 14.5 Å². The Labute approximate surface area is 117 Å². The molecule has 1 fully saturated rings. The molecule has 0 aromatic heterocycles. The van der Waals surface area contributed by atoms with Crippen molar-refractivity contribution in [3.8, 4) is 0 Å². The maximum absolute atomic E-state index is 13.9. The molecular formula is C14H18F2N2S. The summed E-state index contributed by atoms with van der Waals surface area (Å²) in [7, 11) is 0. The summed E-state index contributed by atoms with van der Waals surface area (Å²) in [6.45, 7) is 2.11. The van der Waals surface area contributed by atoms with E-state index in [0.29, 0.717) is 5.92 Å². The molecule has 2 rings (SSSR count). The Morgan fingerprint density at radius 3 is 2.37 bits per heavy atom. The minimum absolute atomic E-state index is 0.00427. The number of nitrogens with one attached hydrogen (secondary N) is 1.